The van der Waals surface area contributed by atoms with Crippen molar-refractivity contribution >= 4 is 104 Å². The van der Waals surface area contributed by atoms with E-state index in [1.54, 1.807) is 0 Å². The SMILES string of the molecule is Nc1c(N=Nc2ccc(S(=O)(=O)CCOS(=O)(=O)O)cc2)c(S(=O)(=O)O)cc2cc(SOOO)c(N=Nc3ccc(SC#COOS(=O)(=O)O)cc3)c(O)c12. The van der Waals surface area contributed by atoms with Gasteiger partial charge in [-0.25, -0.2) is 17.9 Å². The Kier molecular flexibility index (Phi) is 14.1. The molecule has 0 atom stereocenters. The van der Waals surface area contributed by atoms with Gasteiger partial charge in [-0.1, -0.05) is 5.04 Å². The summed E-state index contributed by atoms with van der Waals surface area (Å²) in [4.78, 5) is 3.22. The van der Waals surface area contributed by atoms with E-state index < -0.39 is 75.1 Å². The van der Waals surface area contributed by atoms with Gasteiger partial charge in [0.15, 0.2) is 21.7 Å². The van der Waals surface area contributed by atoms with E-state index in [0.717, 1.165) is 42.1 Å². The third-order valence-electron chi connectivity index (χ3n) is 6.27. The van der Waals surface area contributed by atoms with Crippen LogP contribution in [0.15, 0.2) is 101 Å². The molecule has 0 aliphatic carbocycles. The first-order chi connectivity index (χ1) is 25.7. The van der Waals surface area contributed by atoms with E-state index in [-0.39, 0.29) is 37.6 Å². The molecule has 0 amide bonds. The highest BCUT2D eigenvalue weighted by Gasteiger charge is 2.26. The molecule has 0 heterocycles. The third-order valence-corrected chi connectivity index (χ3v) is 10.8. The monoisotopic (exact) mass is 883 g/mol. The van der Waals surface area contributed by atoms with E-state index in [2.05, 4.69) is 48.5 Å². The van der Waals surface area contributed by atoms with Crippen LogP contribution in [0.1, 0.15) is 0 Å². The molecular weight excluding hydrogens is 863 g/mol. The number of fused-ring (bicyclic) bond motifs is 1. The van der Waals surface area contributed by atoms with Gasteiger partial charge in [-0.2, -0.15) is 35.5 Å². The van der Waals surface area contributed by atoms with Crippen LogP contribution in [0.25, 0.3) is 10.8 Å². The van der Waals surface area contributed by atoms with Crippen molar-refractivity contribution in [1.82, 2.24) is 0 Å². The number of anilines is 1. The predicted octanol–water partition coefficient (Wildman–Crippen LogP) is 4.99. The zero-order valence-electron chi connectivity index (χ0n) is 26.5. The fraction of sp³-hybridized carbons (Fsp3) is 0.0769. The lowest BCUT2D eigenvalue weighted by atomic mass is 10.1. The van der Waals surface area contributed by atoms with Gasteiger partial charge in [0.1, 0.15) is 16.3 Å². The van der Waals surface area contributed by atoms with Crippen LogP contribution in [0.2, 0.25) is 0 Å². The Morgan fingerprint density at radius 2 is 1.38 bits per heavy atom. The Balaban J connectivity index is 1.69. The Morgan fingerprint density at radius 1 is 0.782 bits per heavy atom. The Hall–Kier alpha value is -4.52. The van der Waals surface area contributed by atoms with E-state index in [1.165, 1.54) is 30.3 Å². The molecular formula is C26H21N5O18S6. The summed E-state index contributed by atoms with van der Waals surface area (Å²) >= 11 is 1.17. The van der Waals surface area contributed by atoms with E-state index in [9.17, 15) is 43.3 Å². The first-order valence-corrected chi connectivity index (χ1v) is 21.2. The number of nitrogens with zero attached hydrogens (tertiary/aromatic N) is 4. The van der Waals surface area contributed by atoms with Crippen LogP contribution >= 0.6 is 23.8 Å². The number of aromatic hydroxyl groups is 1. The van der Waals surface area contributed by atoms with Crippen molar-refractivity contribution in [3.63, 3.8) is 0 Å². The molecule has 4 rings (SSSR count). The second-order valence-electron chi connectivity index (χ2n) is 9.85. The smallest absolute Gasteiger partial charge is 0.433 e. The summed E-state index contributed by atoms with van der Waals surface area (Å²) in [7, 11) is -18.9. The van der Waals surface area contributed by atoms with Gasteiger partial charge >= 0.3 is 20.8 Å². The molecule has 0 spiro atoms. The molecule has 29 heteroatoms. The molecule has 0 bridgehead atoms. The molecule has 0 saturated heterocycles. The van der Waals surface area contributed by atoms with Crippen LogP contribution in [-0.4, -0.2) is 70.1 Å². The maximum atomic E-state index is 12.5. The first kappa shape index (κ1) is 43.2. The number of rotatable bonds is 16. The molecule has 294 valence electrons. The quantitative estimate of drug-likeness (QED) is 0.0126. The summed E-state index contributed by atoms with van der Waals surface area (Å²) in [5.74, 6) is -1.54. The standard InChI is InChI=1S/C26H21N5O18S6/c27-23-22-15(14-21(53(36,37)38)25(23)31-29-17-3-7-19(8-4-17)52(34,35)12-10-46-54(39,40)41)13-20(51-48-47-33)24(26(22)32)30-28-16-1-5-18(6-2-16)50-11-9-45-49-55(42,43)44/h1-8,13-14,32-33H,10,12,27H2,(H,36,37,38)(H,39,40,41)(H,42,43,44). The molecule has 0 unspecified atom stereocenters. The highest BCUT2D eigenvalue weighted by atomic mass is 32.3. The van der Waals surface area contributed by atoms with Gasteiger partial charge in [0.05, 0.1) is 56.6 Å². The summed E-state index contributed by atoms with van der Waals surface area (Å²) in [6.07, 6.45) is 1.87. The number of nitrogens with two attached hydrogens (primary N) is 1. The summed E-state index contributed by atoms with van der Waals surface area (Å²) < 4.78 is 131. The van der Waals surface area contributed by atoms with Crippen LogP contribution in [-0.2, 0) is 63.5 Å². The fourth-order valence-corrected chi connectivity index (χ4v) is 7.30. The molecule has 0 aromatic heterocycles. The summed E-state index contributed by atoms with van der Waals surface area (Å²) in [6, 6.07) is 12.4. The van der Waals surface area contributed by atoms with Crippen molar-refractivity contribution < 1.29 is 80.5 Å². The Morgan fingerprint density at radius 3 is 1.95 bits per heavy atom. The molecule has 0 radical (unpaired) electrons. The second-order valence-corrected chi connectivity index (χ2v) is 17.1. The first-order valence-electron chi connectivity index (χ1n) is 13.8. The van der Waals surface area contributed by atoms with Crippen molar-refractivity contribution in [2.45, 2.75) is 19.6 Å². The van der Waals surface area contributed by atoms with Crippen LogP contribution in [0.5, 0.6) is 5.75 Å². The van der Waals surface area contributed by atoms with Gasteiger partial charge in [0.2, 0.25) is 0 Å². The highest BCUT2D eigenvalue weighted by Crippen LogP contribution is 2.49. The van der Waals surface area contributed by atoms with Crippen LogP contribution < -0.4 is 5.73 Å². The average Bonchev–Trinajstić information content (AvgIpc) is 3.08. The number of sulfone groups is 1. The minimum atomic E-state index is -5.08. The van der Waals surface area contributed by atoms with Gasteiger partial charge in [-0.3, -0.25) is 18.5 Å². The molecule has 0 fully saturated rings. The maximum absolute atomic E-state index is 12.5. The molecule has 0 saturated carbocycles. The number of azo groups is 2. The maximum Gasteiger partial charge on any atom is 0.433 e. The van der Waals surface area contributed by atoms with Gasteiger partial charge in [0.25, 0.3) is 10.1 Å². The van der Waals surface area contributed by atoms with E-state index in [0.29, 0.717) is 16.9 Å². The molecule has 4 aromatic rings. The van der Waals surface area contributed by atoms with Gasteiger partial charge in [-0.05, 0) is 82.1 Å². The number of hydrogen-bond acceptors (Lipinski definition) is 22. The highest BCUT2D eigenvalue weighted by molar-refractivity contribution is 8.04. The Bertz CT molecular complexity index is 2650. The lowest BCUT2D eigenvalue weighted by Gasteiger charge is -2.14. The van der Waals surface area contributed by atoms with Crippen LogP contribution in [0.3, 0.4) is 0 Å². The Labute approximate surface area is 318 Å². The minimum absolute atomic E-state index is 0.0588. The summed E-state index contributed by atoms with van der Waals surface area (Å²) in [6.45, 7) is -0.871. The molecule has 55 heavy (non-hydrogen) atoms. The average molecular weight is 884 g/mol. The number of thioether (sulfide) groups is 1. The van der Waals surface area contributed by atoms with Crippen molar-refractivity contribution in [2.24, 2.45) is 20.5 Å². The van der Waals surface area contributed by atoms with Crippen molar-refractivity contribution in [3.8, 4) is 17.1 Å². The topological polar surface area (TPSA) is 359 Å². The lowest BCUT2D eigenvalue weighted by Crippen LogP contribution is -2.15. The number of benzene rings is 4. The van der Waals surface area contributed by atoms with E-state index in [1.807, 2.05) is 6.11 Å². The number of phenolic OH excluding ortho intramolecular Hbond substituents is 1. The number of nitrogen functional groups attached to an aromatic ring is 1. The lowest BCUT2D eigenvalue weighted by molar-refractivity contribution is -0.432. The predicted molar refractivity (Wildman–Crippen MR) is 189 cm³/mol. The zero-order chi connectivity index (χ0) is 40.6. The normalized spacial score (nSPS) is 12.7. The van der Waals surface area contributed by atoms with Crippen LogP contribution in [0.4, 0.5) is 28.4 Å². The van der Waals surface area contributed by atoms with Crippen molar-refractivity contribution in [1.29, 1.82) is 0 Å². The third kappa shape index (κ3) is 12.5. The fourth-order valence-electron chi connectivity index (χ4n) is 4.06. The molecule has 4 aromatic carbocycles. The molecule has 23 nitrogen and oxygen atoms in total. The second kappa shape index (κ2) is 18.0. The largest absolute Gasteiger partial charge is 0.505 e. The van der Waals surface area contributed by atoms with E-state index in [4.69, 9.17) is 20.1 Å². The molecule has 0 aliphatic heterocycles. The van der Waals surface area contributed by atoms with Crippen molar-refractivity contribution in [3.05, 3.63) is 60.7 Å². The summed E-state index contributed by atoms with van der Waals surface area (Å²) in [5.41, 5.74) is 4.88. The summed E-state index contributed by atoms with van der Waals surface area (Å²) in [5, 5.41) is 41.4. The number of phenols is 1. The zero-order valence-corrected chi connectivity index (χ0v) is 31.4. The van der Waals surface area contributed by atoms with Gasteiger partial charge in [-0.15, -0.1) is 14.6 Å². The van der Waals surface area contributed by atoms with Crippen LogP contribution in [0, 0.1) is 11.4 Å². The molecule has 7 N–H and O–H groups in total. The minimum Gasteiger partial charge on any atom is -0.505 e. The molecule has 0 aliphatic rings. The van der Waals surface area contributed by atoms with Crippen molar-refractivity contribution in [2.75, 3.05) is 18.1 Å². The number of hydrogen-bond donors (Lipinski definition) is 6. The van der Waals surface area contributed by atoms with Gasteiger partial charge < -0.3 is 10.8 Å². The van der Waals surface area contributed by atoms with Gasteiger partial charge in [0, 0.05) is 10.1 Å². The van der Waals surface area contributed by atoms with E-state index >= 15 is 0 Å².